The normalized spacial score (nSPS) is 26.6. The molecular formula is C26H27FN2. The Morgan fingerprint density at radius 2 is 1.86 bits per heavy atom. The van der Waals surface area contributed by atoms with Crippen LogP contribution in [0.3, 0.4) is 0 Å². The van der Waals surface area contributed by atoms with E-state index in [9.17, 15) is 4.39 Å². The molecule has 148 valence electrons. The molecule has 1 atom stereocenters. The highest BCUT2D eigenvalue weighted by atomic mass is 19.1. The first-order valence-corrected chi connectivity index (χ1v) is 10.6. The minimum atomic E-state index is -0.178. The van der Waals surface area contributed by atoms with Crippen LogP contribution >= 0.6 is 0 Å². The van der Waals surface area contributed by atoms with Crippen molar-refractivity contribution in [2.75, 3.05) is 5.32 Å². The van der Waals surface area contributed by atoms with Gasteiger partial charge >= 0.3 is 0 Å². The van der Waals surface area contributed by atoms with E-state index in [1.165, 1.54) is 37.3 Å². The molecule has 0 aliphatic heterocycles. The molecular weight excluding hydrogens is 359 g/mol. The Morgan fingerprint density at radius 1 is 1.10 bits per heavy atom. The Morgan fingerprint density at radius 3 is 2.62 bits per heavy atom. The molecule has 1 spiro atoms. The number of fused-ring (bicyclic) bond motifs is 1. The summed E-state index contributed by atoms with van der Waals surface area (Å²) < 4.78 is 13.8. The second kappa shape index (κ2) is 6.98. The topological polar surface area (TPSA) is 24.9 Å². The Balaban J connectivity index is 1.21. The van der Waals surface area contributed by atoms with Crippen LogP contribution in [0.4, 0.5) is 10.1 Å². The van der Waals surface area contributed by atoms with Crippen LogP contribution in [0.5, 0.6) is 0 Å². The van der Waals surface area contributed by atoms with Gasteiger partial charge in [-0.1, -0.05) is 31.7 Å². The van der Waals surface area contributed by atoms with Gasteiger partial charge in [0.1, 0.15) is 5.82 Å². The number of hydrogen-bond acceptors (Lipinski definition) is 2. The van der Waals surface area contributed by atoms with E-state index in [1.54, 1.807) is 12.1 Å². The number of anilines is 1. The fourth-order valence-electron chi connectivity index (χ4n) is 5.55. The monoisotopic (exact) mass is 386 g/mol. The van der Waals surface area contributed by atoms with Gasteiger partial charge in [0.2, 0.25) is 0 Å². The third kappa shape index (κ3) is 3.33. The minimum Gasteiger partial charge on any atom is -0.359 e. The summed E-state index contributed by atoms with van der Waals surface area (Å²) >= 11 is 0. The summed E-state index contributed by atoms with van der Waals surface area (Å²) in [7, 11) is 0. The summed E-state index contributed by atoms with van der Waals surface area (Å²) in [5, 5.41) is 4.46. The van der Waals surface area contributed by atoms with Gasteiger partial charge in [-0.15, -0.1) is 0 Å². The number of nitrogens with zero attached hydrogens (tertiary/aromatic N) is 1. The molecule has 2 aromatic carbocycles. The maximum atomic E-state index is 13.8. The first kappa shape index (κ1) is 18.4. The zero-order valence-electron chi connectivity index (χ0n) is 16.9. The van der Waals surface area contributed by atoms with Crippen molar-refractivity contribution in [3.63, 3.8) is 0 Å². The van der Waals surface area contributed by atoms with Gasteiger partial charge in [-0.05, 0) is 90.8 Å². The van der Waals surface area contributed by atoms with Gasteiger partial charge in [0.05, 0.1) is 5.52 Å². The maximum Gasteiger partial charge on any atom is 0.123 e. The average molecular weight is 387 g/mol. The number of nitrogens with one attached hydrogen (secondary N) is 1. The van der Waals surface area contributed by atoms with E-state index in [4.69, 9.17) is 0 Å². The van der Waals surface area contributed by atoms with Gasteiger partial charge in [-0.2, -0.15) is 0 Å². The second-order valence-corrected chi connectivity index (χ2v) is 9.14. The van der Waals surface area contributed by atoms with Crippen LogP contribution in [-0.2, 0) is 0 Å². The molecule has 1 aromatic heterocycles. The number of allylic oxidation sites excluding steroid dienone is 1. The van der Waals surface area contributed by atoms with E-state index in [2.05, 4.69) is 42.0 Å². The number of para-hydroxylation sites is 1. The Bertz CT molecular complexity index is 1040. The Labute approximate surface area is 171 Å². The highest BCUT2D eigenvalue weighted by molar-refractivity contribution is 5.82. The smallest absolute Gasteiger partial charge is 0.123 e. The quantitative estimate of drug-likeness (QED) is 0.515. The van der Waals surface area contributed by atoms with Crippen LogP contribution in [0, 0.1) is 23.1 Å². The lowest BCUT2D eigenvalue weighted by Gasteiger charge is -2.59. The molecule has 1 unspecified atom stereocenters. The Hall–Kier alpha value is -2.68. The lowest BCUT2D eigenvalue weighted by Crippen LogP contribution is -2.48. The first-order valence-electron chi connectivity index (χ1n) is 10.6. The van der Waals surface area contributed by atoms with Gasteiger partial charge in [-0.3, -0.25) is 4.98 Å². The third-order valence-corrected chi connectivity index (χ3v) is 7.26. The van der Waals surface area contributed by atoms with Crippen LogP contribution in [0.25, 0.3) is 10.9 Å². The predicted octanol–water partition coefficient (Wildman–Crippen LogP) is 6.91. The molecule has 0 amide bonds. The number of benzene rings is 2. The molecule has 1 heterocycles. The molecule has 2 nitrogen and oxygen atoms in total. The van der Waals surface area contributed by atoms with E-state index < -0.39 is 0 Å². The van der Waals surface area contributed by atoms with Crippen molar-refractivity contribution in [3.8, 4) is 0 Å². The number of pyridine rings is 1. The summed E-state index contributed by atoms with van der Waals surface area (Å²) in [4.78, 5) is 4.40. The zero-order chi connectivity index (χ0) is 20.0. The van der Waals surface area contributed by atoms with E-state index in [0.29, 0.717) is 23.2 Å². The molecule has 3 aromatic rings. The van der Waals surface area contributed by atoms with E-state index in [-0.39, 0.29) is 5.82 Å². The van der Waals surface area contributed by atoms with Crippen molar-refractivity contribution < 1.29 is 4.39 Å². The predicted molar refractivity (Wildman–Crippen MR) is 117 cm³/mol. The minimum absolute atomic E-state index is 0.178. The zero-order valence-corrected chi connectivity index (χ0v) is 16.9. The first-order chi connectivity index (χ1) is 14.0. The molecule has 2 saturated carbocycles. The molecule has 2 fully saturated rings. The summed E-state index contributed by atoms with van der Waals surface area (Å²) in [6.07, 6.45) is 6.84. The van der Waals surface area contributed by atoms with Crippen molar-refractivity contribution in [2.24, 2.45) is 17.3 Å². The molecule has 0 saturated heterocycles. The van der Waals surface area contributed by atoms with Crippen LogP contribution in [-0.4, -0.2) is 4.98 Å². The van der Waals surface area contributed by atoms with Crippen LogP contribution in [0.1, 0.15) is 44.1 Å². The molecule has 2 aliphatic carbocycles. The lowest BCUT2D eigenvalue weighted by atomic mass is 9.45. The van der Waals surface area contributed by atoms with Crippen molar-refractivity contribution in [1.29, 1.82) is 0 Å². The average Bonchev–Trinajstić information content (AvgIpc) is 2.66. The largest absolute Gasteiger partial charge is 0.359 e. The van der Waals surface area contributed by atoms with Crippen molar-refractivity contribution >= 4 is 16.6 Å². The highest BCUT2D eigenvalue weighted by Gasteiger charge is 2.54. The Kier molecular flexibility index (Phi) is 4.42. The number of aromatic nitrogens is 1. The third-order valence-electron chi connectivity index (χ3n) is 7.26. The SMILES string of the molecule is C=C(Nc1ccccc1)C(C)C1CC2(CC(c3ccnc4ccc(F)cc34)C2)C1. The van der Waals surface area contributed by atoms with Crippen molar-refractivity contribution in [1.82, 2.24) is 4.98 Å². The molecule has 0 bridgehead atoms. The molecule has 29 heavy (non-hydrogen) atoms. The van der Waals surface area contributed by atoms with Crippen LogP contribution in [0.2, 0.25) is 0 Å². The molecule has 0 radical (unpaired) electrons. The second-order valence-electron chi connectivity index (χ2n) is 9.14. The maximum absolute atomic E-state index is 13.8. The van der Waals surface area contributed by atoms with Gasteiger partial charge in [-0.25, -0.2) is 4.39 Å². The van der Waals surface area contributed by atoms with Crippen LogP contribution < -0.4 is 5.32 Å². The molecule has 1 N–H and O–H groups in total. The van der Waals surface area contributed by atoms with Gasteiger partial charge in [0, 0.05) is 23.0 Å². The summed E-state index contributed by atoms with van der Waals surface area (Å²) in [6, 6.07) is 17.3. The summed E-state index contributed by atoms with van der Waals surface area (Å²) in [6.45, 7) is 6.59. The molecule has 2 aliphatic rings. The van der Waals surface area contributed by atoms with Crippen molar-refractivity contribution in [3.05, 3.63) is 84.5 Å². The van der Waals surface area contributed by atoms with E-state index >= 15 is 0 Å². The fourth-order valence-corrected chi connectivity index (χ4v) is 5.55. The summed E-state index contributed by atoms with van der Waals surface area (Å²) in [5.74, 6) is 1.52. The van der Waals surface area contributed by atoms with Crippen molar-refractivity contribution in [2.45, 2.75) is 38.5 Å². The van der Waals surface area contributed by atoms with Gasteiger partial charge < -0.3 is 5.32 Å². The van der Waals surface area contributed by atoms with Crippen LogP contribution in [0.15, 0.2) is 73.1 Å². The molecule has 3 heteroatoms. The van der Waals surface area contributed by atoms with E-state index in [1.807, 2.05) is 24.4 Å². The highest BCUT2D eigenvalue weighted by Crippen LogP contribution is 2.66. The molecule has 5 rings (SSSR count). The standard InChI is InChI=1S/C26H27FN2/c1-17(18(2)29-22-6-4-3-5-7-22)19-13-26(14-19)15-20(16-26)23-10-11-28-25-9-8-21(27)12-24(23)25/h3-12,17,19-20,29H,2,13-16H2,1H3. The van der Waals surface area contributed by atoms with Gasteiger partial charge in [0.15, 0.2) is 0 Å². The lowest BCUT2D eigenvalue weighted by molar-refractivity contribution is -0.0556. The summed E-state index contributed by atoms with van der Waals surface area (Å²) in [5.41, 5.74) is 4.88. The number of rotatable bonds is 5. The fraction of sp³-hybridized carbons (Fsp3) is 0.346. The number of halogens is 1. The van der Waals surface area contributed by atoms with Gasteiger partial charge in [0.25, 0.3) is 0 Å². The van der Waals surface area contributed by atoms with E-state index in [0.717, 1.165) is 22.3 Å². The number of hydrogen-bond donors (Lipinski definition) is 1.